The minimum atomic E-state index is -0.161. The van der Waals surface area contributed by atoms with E-state index in [0.29, 0.717) is 19.6 Å². The largest absolute Gasteiger partial charge is 0.465 e. The third-order valence-corrected chi connectivity index (χ3v) is 2.34. The normalized spacial score (nSPS) is 10.0. The molecule has 1 aromatic rings. The van der Waals surface area contributed by atoms with Gasteiger partial charge in [-0.3, -0.25) is 4.79 Å². The molecule has 0 aliphatic rings. The fourth-order valence-electron chi connectivity index (χ4n) is 1.37. The number of hydrogen-bond donors (Lipinski definition) is 2. The van der Waals surface area contributed by atoms with Crippen LogP contribution in [0.3, 0.4) is 0 Å². The van der Waals surface area contributed by atoms with Crippen LogP contribution < -0.4 is 5.32 Å². The lowest BCUT2D eigenvalue weighted by molar-refractivity contribution is -0.143. The summed E-state index contributed by atoms with van der Waals surface area (Å²) in [5.74, 6) is -0.161. The van der Waals surface area contributed by atoms with E-state index in [1.54, 1.807) is 6.92 Å². The molecular formula is C13H19NO3. The molecule has 17 heavy (non-hydrogen) atoms. The van der Waals surface area contributed by atoms with Gasteiger partial charge in [0.1, 0.15) is 0 Å². The monoisotopic (exact) mass is 237 g/mol. The van der Waals surface area contributed by atoms with Crippen molar-refractivity contribution >= 4 is 11.7 Å². The summed E-state index contributed by atoms with van der Waals surface area (Å²) in [5, 5.41) is 11.7. The number of hydrogen-bond acceptors (Lipinski definition) is 4. The van der Waals surface area contributed by atoms with Gasteiger partial charge >= 0.3 is 5.97 Å². The highest BCUT2D eigenvalue weighted by atomic mass is 16.5. The first-order valence-corrected chi connectivity index (χ1v) is 5.85. The van der Waals surface area contributed by atoms with Crippen LogP contribution in [0, 0.1) is 0 Å². The van der Waals surface area contributed by atoms with Crippen LogP contribution in [0.25, 0.3) is 0 Å². The lowest BCUT2D eigenvalue weighted by atomic mass is 10.1. The molecule has 0 spiro atoms. The summed E-state index contributed by atoms with van der Waals surface area (Å²) < 4.78 is 5.00. The second-order valence-electron chi connectivity index (χ2n) is 3.67. The van der Waals surface area contributed by atoms with Gasteiger partial charge in [-0.15, -0.1) is 0 Å². The minimum absolute atomic E-state index is 0.120. The first kappa shape index (κ1) is 13.5. The Bertz CT molecular complexity index is 335. The molecule has 0 saturated heterocycles. The van der Waals surface area contributed by atoms with E-state index in [1.807, 2.05) is 24.3 Å². The highest BCUT2D eigenvalue weighted by Crippen LogP contribution is 2.09. The average molecular weight is 237 g/mol. The number of nitrogens with one attached hydrogen (secondary N) is 1. The number of aliphatic hydroxyl groups is 1. The minimum Gasteiger partial charge on any atom is -0.465 e. The number of esters is 1. The molecule has 0 radical (unpaired) electrons. The molecule has 0 bridgehead atoms. The van der Waals surface area contributed by atoms with Gasteiger partial charge in [-0.2, -0.15) is 0 Å². The Kier molecular flexibility index (Phi) is 6.10. The average Bonchev–Trinajstić information content (AvgIpc) is 2.37. The van der Waals surface area contributed by atoms with Crippen LogP contribution in [0.2, 0.25) is 0 Å². The van der Waals surface area contributed by atoms with Gasteiger partial charge in [-0.1, -0.05) is 19.1 Å². The highest BCUT2D eigenvalue weighted by molar-refractivity contribution is 5.68. The Hall–Kier alpha value is -1.55. The van der Waals surface area contributed by atoms with Gasteiger partial charge < -0.3 is 15.2 Å². The number of ether oxygens (including phenoxy) is 1. The topological polar surface area (TPSA) is 58.6 Å². The van der Waals surface area contributed by atoms with Gasteiger partial charge in [0.25, 0.3) is 0 Å². The number of aliphatic hydroxyl groups excluding tert-OH is 1. The van der Waals surface area contributed by atoms with Crippen LogP contribution in [0.1, 0.15) is 18.9 Å². The fraction of sp³-hybridized carbons (Fsp3) is 0.462. The van der Waals surface area contributed by atoms with Crippen molar-refractivity contribution in [3.05, 3.63) is 29.8 Å². The van der Waals surface area contributed by atoms with Gasteiger partial charge in [-0.25, -0.2) is 0 Å². The Labute approximate surface area is 102 Å². The summed E-state index contributed by atoms with van der Waals surface area (Å²) in [6.45, 7) is 2.88. The van der Waals surface area contributed by atoms with Crippen molar-refractivity contribution in [2.24, 2.45) is 0 Å². The van der Waals surface area contributed by atoms with Gasteiger partial charge in [0.2, 0.25) is 0 Å². The molecule has 0 amide bonds. The van der Waals surface area contributed by atoms with Crippen molar-refractivity contribution in [1.82, 2.24) is 0 Å². The molecule has 4 nitrogen and oxygen atoms in total. The summed E-state index contributed by atoms with van der Waals surface area (Å²) in [4.78, 5) is 10.9. The Morgan fingerprint density at radius 1 is 1.35 bits per heavy atom. The summed E-state index contributed by atoms with van der Waals surface area (Å²) in [5.41, 5.74) is 2.11. The maximum absolute atomic E-state index is 10.9. The fourth-order valence-corrected chi connectivity index (χ4v) is 1.37. The number of carbonyl (C=O) groups is 1. The molecule has 0 aliphatic carbocycles. The van der Waals surface area contributed by atoms with E-state index in [-0.39, 0.29) is 12.6 Å². The van der Waals surface area contributed by atoms with Gasteiger partial charge in [0.15, 0.2) is 0 Å². The van der Waals surface area contributed by atoms with Crippen molar-refractivity contribution in [2.75, 3.05) is 25.1 Å². The molecular weight excluding hydrogens is 218 g/mol. The molecule has 0 heterocycles. The molecule has 0 fully saturated rings. The van der Waals surface area contributed by atoms with Crippen LogP contribution in [-0.2, 0) is 16.0 Å². The molecule has 1 rings (SSSR count). The molecule has 1 aromatic carbocycles. The first-order valence-electron chi connectivity index (χ1n) is 5.85. The summed E-state index contributed by atoms with van der Waals surface area (Å²) >= 11 is 0. The van der Waals surface area contributed by atoms with Gasteiger partial charge in [0.05, 0.1) is 13.2 Å². The first-order chi connectivity index (χ1) is 8.26. The zero-order valence-corrected chi connectivity index (χ0v) is 10.1. The Balaban J connectivity index is 2.32. The zero-order valence-electron chi connectivity index (χ0n) is 10.1. The lowest BCUT2D eigenvalue weighted by Crippen LogP contribution is -2.07. The number of anilines is 1. The molecule has 94 valence electrons. The smallest absolute Gasteiger partial charge is 0.305 e. The van der Waals surface area contributed by atoms with E-state index in [9.17, 15) is 4.79 Å². The highest BCUT2D eigenvalue weighted by Gasteiger charge is 1.99. The number of benzene rings is 1. The summed E-state index contributed by atoms with van der Waals surface area (Å²) in [7, 11) is 0. The summed E-state index contributed by atoms with van der Waals surface area (Å²) in [6, 6.07) is 7.87. The SMILES string of the molecule is CCC(=O)OCCc1ccc(NCCO)cc1. The van der Waals surface area contributed by atoms with Crippen LogP contribution in [-0.4, -0.2) is 30.8 Å². The van der Waals surface area contributed by atoms with Gasteiger partial charge in [0, 0.05) is 25.1 Å². The molecule has 0 atom stereocenters. The van der Waals surface area contributed by atoms with Crippen LogP contribution in [0.4, 0.5) is 5.69 Å². The molecule has 2 N–H and O–H groups in total. The number of carbonyl (C=O) groups excluding carboxylic acids is 1. The third-order valence-electron chi connectivity index (χ3n) is 2.34. The molecule has 0 unspecified atom stereocenters. The Morgan fingerprint density at radius 3 is 2.65 bits per heavy atom. The van der Waals surface area contributed by atoms with E-state index < -0.39 is 0 Å². The van der Waals surface area contributed by atoms with Crippen LogP contribution in [0.5, 0.6) is 0 Å². The predicted molar refractivity (Wildman–Crippen MR) is 67.0 cm³/mol. The standard InChI is InChI=1S/C13H19NO3/c1-2-13(16)17-10-7-11-3-5-12(6-4-11)14-8-9-15/h3-6,14-15H,2,7-10H2,1H3. The lowest BCUT2D eigenvalue weighted by Gasteiger charge is -2.06. The second-order valence-corrected chi connectivity index (χ2v) is 3.67. The van der Waals surface area contributed by atoms with Crippen molar-refractivity contribution in [3.8, 4) is 0 Å². The predicted octanol–water partition coefficient (Wildman–Crippen LogP) is 1.59. The van der Waals surface area contributed by atoms with E-state index in [1.165, 1.54) is 0 Å². The molecule has 0 aliphatic heterocycles. The quantitative estimate of drug-likeness (QED) is 0.707. The van der Waals surface area contributed by atoms with E-state index in [4.69, 9.17) is 9.84 Å². The van der Waals surface area contributed by atoms with Crippen LogP contribution >= 0.6 is 0 Å². The molecule has 0 saturated carbocycles. The number of rotatable bonds is 7. The zero-order chi connectivity index (χ0) is 12.5. The second kappa shape index (κ2) is 7.68. The van der Waals surface area contributed by atoms with Crippen molar-refractivity contribution in [3.63, 3.8) is 0 Å². The van der Waals surface area contributed by atoms with E-state index >= 15 is 0 Å². The van der Waals surface area contributed by atoms with Crippen LogP contribution in [0.15, 0.2) is 24.3 Å². The third kappa shape index (κ3) is 5.36. The molecule has 4 heteroatoms. The summed E-state index contributed by atoms with van der Waals surface area (Å²) in [6.07, 6.45) is 1.15. The van der Waals surface area contributed by atoms with Crippen molar-refractivity contribution < 1.29 is 14.6 Å². The maximum Gasteiger partial charge on any atom is 0.305 e. The van der Waals surface area contributed by atoms with Gasteiger partial charge in [-0.05, 0) is 17.7 Å². The molecule has 0 aromatic heterocycles. The van der Waals surface area contributed by atoms with E-state index in [2.05, 4.69) is 5.32 Å². The van der Waals surface area contributed by atoms with E-state index in [0.717, 1.165) is 17.7 Å². The Morgan fingerprint density at radius 2 is 2.06 bits per heavy atom. The maximum atomic E-state index is 10.9. The van der Waals surface area contributed by atoms with Crippen molar-refractivity contribution in [2.45, 2.75) is 19.8 Å². The van der Waals surface area contributed by atoms with Crippen molar-refractivity contribution in [1.29, 1.82) is 0 Å².